The van der Waals surface area contributed by atoms with Crippen LogP contribution in [0.4, 0.5) is 5.82 Å². The zero-order valence-electron chi connectivity index (χ0n) is 16.0. The number of hydrogen-bond acceptors (Lipinski definition) is 4. The Morgan fingerprint density at radius 2 is 1.93 bits per heavy atom. The number of anilines is 1. The zero-order chi connectivity index (χ0) is 19.7. The Balaban J connectivity index is 1.56. The highest BCUT2D eigenvalue weighted by molar-refractivity contribution is 6.06. The first kappa shape index (κ1) is 17.9. The highest BCUT2D eigenvalue weighted by Crippen LogP contribution is 2.27. The van der Waals surface area contributed by atoms with Crippen LogP contribution in [-0.2, 0) is 6.54 Å². The third-order valence-corrected chi connectivity index (χ3v) is 4.75. The van der Waals surface area contributed by atoms with Gasteiger partial charge >= 0.3 is 0 Å². The van der Waals surface area contributed by atoms with Gasteiger partial charge in [-0.3, -0.25) is 4.79 Å². The zero-order valence-corrected chi connectivity index (χ0v) is 16.0. The maximum Gasteiger partial charge on any atom is 0.292 e. The van der Waals surface area contributed by atoms with E-state index in [1.807, 2.05) is 56.3 Å². The molecule has 0 aliphatic rings. The lowest BCUT2D eigenvalue weighted by molar-refractivity contribution is 0.0997. The number of nitrogens with one attached hydrogen (secondary N) is 1. The second-order valence-electron chi connectivity index (χ2n) is 6.73. The number of aryl methyl sites for hydroxylation is 2. The molecule has 4 rings (SSSR count). The van der Waals surface area contributed by atoms with Crippen molar-refractivity contribution >= 4 is 22.7 Å². The van der Waals surface area contributed by atoms with Crippen molar-refractivity contribution in [2.45, 2.75) is 20.4 Å². The molecule has 2 aromatic heterocycles. The van der Waals surface area contributed by atoms with E-state index in [1.165, 1.54) is 0 Å². The van der Waals surface area contributed by atoms with Gasteiger partial charge in [-0.2, -0.15) is 5.10 Å². The summed E-state index contributed by atoms with van der Waals surface area (Å²) in [4.78, 5) is 12.8. The lowest BCUT2D eigenvalue weighted by Gasteiger charge is -2.09. The van der Waals surface area contributed by atoms with Crippen LogP contribution in [0, 0.1) is 13.8 Å². The number of hydrogen-bond donors (Lipinski definition) is 1. The molecule has 2 aromatic carbocycles. The SMILES string of the molecule is COc1ccc(Cn2nccc2NC(=O)c2oc3ccc(C)cc3c2C)cc1. The maximum absolute atomic E-state index is 12.8. The van der Waals surface area contributed by atoms with Crippen molar-refractivity contribution in [2.75, 3.05) is 12.4 Å². The van der Waals surface area contributed by atoms with Crippen LogP contribution in [0.3, 0.4) is 0 Å². The number of aromatic nitrogens is 2. The molecule has 0 unspecified atom stereocenters. The van der Waals surface area contributed by atoms with Gasteiger partial charge in [0.2, 0.25) is 0 Å². The van der Waals surface area contributed by atoms with Crippen molar-refractivity contribution < 1.29 is 13.9 Å². The van der Waals surface area contributed by atoms with Crippen molar-refractivity contribution in [2.24, 2.45) is 0 Å². The Labute approximate surface area is 162 Å². The summed E-state index contributed by atoms with van der Waals surface area (Å²) in [5, 5.41) is 8.18. The number of fused-ring (bicyclic) bond motifs is 1. The van der Waals surface area contributed by atoms with Crippen molar-refractivity contribution in [3.63, 3.8) is 0 Å². The van der Waals surface area contributed by atoms with Gasteiger partial charge in [-0.25, -0.2) is 4.68 Å². The van der Waals surface area contributed by atoms with Gasteiger partial charge in [0.25, 0.3) is 5.91 Å². The molecule has 0 fully saturated rings. The summed E-state index contributed by atoms with van der Waals surface area (Å²) in [7, 11) is 1.64. The van der Waals surface area contributed by atoms with E-state index in [-0.39, 0.29) is 5.91 Å². The number of carbonyl (C=O) groups excluding carboxylic acids is 1. The lowest BCUT2D eigenvalue weighted by Crippen LogP contribution is -2.16. The molecule has 0 atom stereocenters. The van der Waals surface area contributed by atoms with Crippen LogP contribution in [-0.4, -0.2) is 22.8 Å². The predicted octanol–water partition coefficient (Wildman–Crippen LogP) is 4.56. The molecule has 0 saturated carbocycles. The normalized spacial score (nSPS) is 11.0. The third-order valence-electron chi connectivity index (χ3n) is 4.75. The quantitative estimate of drug-likeness (QED) is 0.555. The van der Waals surface area contributed by atoms with Crippen LogP contribution in [0.25, 0.3) is 11.0 Å². The fraction of sp³-hybridized carbons (Fsp3) is 0.182. The Hall–Kier alpha value is -3.54. The third kappa shape index (κ3) is 3.36. The minimum Gasteiger partial charge on any atom is -0.497 e. The molecule has 0 aliphatic heterocycles. The second-order valence-corrected chi connectivity index (χ2v) is 6.73. The number of carbonyl (C=O) groups is 1. The van der Waals surface area contributed by atoms with Gasteiger partial charge < -0.3 is 14.5 Å². The Morgan fingerprint density at radius 1 is 1.14 bits per heavy atom. The summed E-state index contributed by atoms with van der Waals surface area (Å²) in [6.45, 7) is 4.45. The van der Waals surface area contributed by atoms with Gasteiger partial charge in [-0.1, -0.05) is 23.8 Å². The van der Waals surface area contributed by atoms with E-state index in [0.29, 0.717) is 23.7 Å². The standard InChI is InChI=1S/C22H21N3O3/c1-14-4-9-19-18(12-14)15(2)21(28-19)22(26)24-20-10-11-23-25(20)13-16-5-7-17(27-3)8-6-16/h4-12H,13H2,1-3H3,(H,24,26). The van der Waals surface area contributed by atoms with Gasteiger partial charge in [-0.05, 0) is 43.7 Å². The minimum absolute atomic E-state index is 0.289. The summed E-state index contributed by atoms with van der Waals surface area (Å²) in [6, 6.07) is 15.4. The van der Waals surface area contributed by atoms with Gasteiger partial charge in [0.1, 0.15) is 17.2 Å². The smallest absolute Gasteiger partial charge is 0.292 e. The van der Waals surface area contributed by atoms with E-state index in [9.17, 15) is 4.79 Å². The molecule has 6 nitrogen and oxygen atoms in total. The van der Waals surface area contributed by atoms with Crippen molar-refractivity contribution in [3.8, 4) is 5.75 Å². The summed E-state index contributed by atoms with van der Waals surface area (Å²) in [5.41, 5.74) is 3.72. The molecule has 1 amide bonds. The Bertz CT molecular complexity index is 1140. The monoisotopic (exact) mass is 375 g/mol. The summed E-state index contributed by atoms with van der Waals surface area (Å²) < 4.78 is 12.7. The Kier molecular flexibility index (Phi) is 4.61. The van der Waals surface area contributed by atoms with E-state index in [2.05, 4.69) is 10.4 Å². The van der Waals surface area contributed by atoms with E-state index < -0.39 is 0 Å². The number of benzene rings is 2. The largest absolute Gasteiger partial charge is 0.497 e. The Morgan fingerprint density at radius 3 is 2.68 bits per heavy atom. The van der Waals surface area contributed by atoms with Crippen molar-refractivity contribution in [1.82, 2.24) is 9.78 Å². The van der Waals surface area contributed by atoms with E-state index in [0.717, 1.165) is 27.8 Å². The molecular weight excluding hydrogens is 354 g/mol. The topological polar surface area (TPSA) is 69.3 Å². The predicted molar refractivity (Wildman–Crippen MR) is 108 cm³/mol. The van der Waals surface area contributed by atoms with Crippen molar-refractivity contribution in [1.29, 1.82) is 0 Å². The van der Waals surface area contributed by atoms with E-state index >= 15 is 0 Å². The first-order valence-electron chi connectivity index (χ1n) is 9.01. The van der Waals surface area contributed by atoms with Crippen LogP contribution >= 0.6 is 0 Å². The average Bonchev–Trinajstić information content (AvgIpc) is 3.26. The minimum atomic E-state index is -0.289. The molecule has 0 bridgehead atoms. The molecule has 2 heterocycles. The van der Waals surface area contributed by atoms with Crippen LogP contribution in [0.2, 0.25) is 0 Å². The lowest BCUT2D eigenvalue weighted by atomic mass is 10.1. The van der Waals surface area contributed by atoms with Gasteiger partial charge in [0.05, 0.1) is 19.9 Å². The highest BCUT2D eigenvalue weighted by Gasteiger charge is 2.19. The molecule has 4 aromatic rings. The molecule has 6 heteroatoms. The summed E-state index contributed by atoms with van der Waals surface area (Å²) in [6.07, 6.45) is 1.66. The molecule has 1 N–H and O–H groups in total. The number of ether oxygens (including phenoxy) is 1. The molecule has 28 heavy (non-hydrogen) atoms. The fourth-order valence-electron chi connectivity index (χ4n) is 3.19. The van der Waals surface area contributed by atoms with Crippen molar-refractivity contribution in [3.05, 3.63) is 77.2 Å². The first-order chi connectivity index (χ1) is 13.5. The first-order valence-corrected chi connectivity index (χ1v) is 9.01. The maximum atomic E-state index is 12.8. The summed E-state index contributed by atoms with van der Waals surface area (Å²) >= 11 is 0. The van der Waals surface area contributed by atoms with Gasteiger partial charge in [-0.15, -0.1) is 0 Å². The number of nitrogens with zero attached hydrogens (tertiary/aromatic N) is 2. The van der Waals surface area contributed by atoms with Crippen LogP contribution in [0.1, 0.15) is 27.2 Å². The van der Waals surface area contributed by atoms with Crippen LogP contribution in [0.5, 0.6) is 5.75 Å². The molecule has 0 spiro atoms. The molecule has 0 radical (unpaired) electrons. The highest BCUT2D eigenvalue weighted by atomic mass is 16.5. The molecular formula is C22H21N3O3. The number of methoxy groups -OCH3 is 1. The number of amides is 1. The van der Waals surface area contributed by atoms with Gasteiger partial charge in [0.15, 0.2) is 5.76 Å². The van der Waals surface area contributed by atoms with E-state index in [4.69, 9.17) is 9.15 Å². The van der Waals surface area contributed by atoms with Crippen LogP contribution < -0.4 is 10.1 Å². The fourth-order valence-corrected chi connectivity index (χ4v) is 3.19. The van der Waals surface area contributed by atoms with E-state index in [1.54, 1.807) is 24.1 Å². The van der Waals surface area contributed by atoms with Gasteiger partial charge in [0, 0.05) is 17.0 Å². The molecule has 0 saturated heterocycles. The average molecular weight is 375 g/mol. The second kappa shape index (κ2) is 7.23. The molecule has 0 aliphatic carbocycles. The number of rotatable bonds is 5. The van der Waals surface area contributed by atoms with Crippen LogP contribution in [0.15, 0.2) is 59.1 Å². The molecule has 142 valence electrons. The number of furan rings is 1. The summed E-state index contributed by atoms with van der Waals surface area (Å²) in [5.74, 6) is 1.44.